The number of anilines is 1. The third-order valence-electron chi connectivity index (χ3n) is 4.56. The third-order valence-corrected chi connectivity index (χ3v) is 4.56. The van der Waals surface area contributed by atoms with Crippen LogP contribution in [-0.4, -0.2) is 36.3 Å². The van der Waals surface area contributed by atoms with E-state index >= 15 is 0 Å². The van der Waals surface area contributed by atoms with E-state index in [9.17, 15) is 14.0 Å². The molecule has 1 aromatic rings. The standard InChI is InChI=1S/C17H21FN2O2/c1-12-4-3-7-19(10-12)17(22)13-8-16(21)20(11-13)15-6-2-5-14(18)9-15/h2,5-6,9,12-13H,3-4,7-8,10-11H2,1H3. The van der Waals surface area contributed by atoms with Gasteiger partial charge in [0, 0.05) is 31.7 Å². The van der Waals surface area contributed by atoms with E-state index in [1.54, 1.807) is 12.1 Å². The maximum Gasteiger partial charge on any atom is 0.228 e. The van der Waals surface area contributed by atoms with Crippen LogP contribution in [-0.2, 0) is 9.59 Å². The quantitative estimate of drug-likeness (QED) is 0.842. The molecule has 2 aliphatic rings. The molecule has 0 N–H and O–H groups in total. The van der Waals surface area contributed by atoms with Crippen LogP contribution >= 0.6 is 0 Å². The highest BCUT2D eigenvalue weighted by atomic mass is 19.1. The van der Waals surface area contributed by atoms with Gasteiger partial charge in [-0.1, -0.05) is 13.0 Å². The molecule has 0 aromatic heterocycles. The first kappa shape index (κ1) is 15.0. The van der Waals surface area contributed by atoms with Gasteiger partial charge in [0.25, 0.3) is 0 Å². The molecule has 0 saturated carbocycles. The van der Waals surface area contributed by atoms with Crippen LogP contribution in [0.4, 0.5) is 10.1 Å². The zero-order chi connectivity index (χ0) is 15.7. The molecule has 2 amide bonds. The minimum absolute atomic E-state index is 0.0683. The van der Waals surface area contributed by atoms with Gasteiger partial charge in [-0.25, -0.2) is 4.39 Å². The lowest BCUT2D eigenvalue weighted by molar-refractivity contribution is -0.137. The second kappa shape index (κ2) is 6.07. The fraction of sp³-hybridized carbons (Fsp3) is 0.529. The van der Waals surface area contributed by atoms with Gasteiger partial charge in [-0.15, -0.1) is 0 Å². The molecule has 0 bridgehead atoms. The van der Waals surface area contributed by atoms with E-state index in [1.807, 2.05) is 4.90 Å². The van der Waals surface area contributed by atoms with Crippen LogP contribution in [0.2, 0.25) is 0 Å². The second-order valence-corrected chi connectivity index (χ2v) is 6.42. The van der Waals surface area contributed by atoms with Crippen molar-refractivity contribution in [1.82, 2.24) is 4.90 Å². The zero-order valence-electron chi connectivity index (χ0n) is 12.8. The SMILES string of the molecule is CC1CCCN(C(=O)C2CC(=O)N(c3cccc(F)c3)C2)C1. The molecule has 5 heteroatoms. The van der Waals surface area contributed by atoms with Gasteiger partial charge in [0.1, 0.15) is 5.82 Å². The van der Waals surface area contributed by atoms with Gasteiger partial charge in [-0.05, 0) is 37.0 Å². The van der Waals surface area contributed by atoms with Crippen LogP contribution in [0.5, 0.6) is 0 Å². The summed E-state index contributed by atoms with van der Waals surface area (Å²) in [5.74, 6) is -0.187. The van der Waals surface area contributed by atoms with Crippen molar-refractivity contribution in [2.24, 2.45) is 11.8 Å². The van der Waals surface area contributed by atoms with E-state index in [4.69, 9.17) is 0 Å². The number of hydrogen-bond donors (Lipinski definition) is 0. The fourth-order valence-electron chi connectivity index (χ4n) is 3.41. The summed E-state index contributed by atoms with van der Waals surface area (Å²) in [5, 5.41) is 0. The highest BCUT2D eigenvalue weighted by Gasteiger charge is 2.38. The number of rotatable bonds is 2. The van der Waals surface area contributed by atoms with E-state index < -0.39 is 0 Å². The first-order chi connectivity index (χ1) is 10.5. The summed E-state index contributed by atoms with van der Waals surface area (Å²) in [4.78, 5) is 28.2. The van der Waals surface area contributed by atoms with Crippen LogP contribution < -0.4 is 4.90 Å². The Morgan fingerprint density at radius 1 is 1.32 bits per heavy atom. The average molecular weight is 304 g/mol. The van der Waals surface area contributed by atoms with Crippen molar-refractivity contribution in [1.29, 1.82) is 0 Å². The van der Waals surface area contributed by atoms with Crippen molar-refractivity contribution in [3.8, 4) is 0 Å². The van der Waals surface area contributed by atoms with Crippen LogP contribution in [0.3, 0.4) is 0 Å². The third kappa shape index (κ3) is 2.98. The van der Waals surface area contributed by atoms with Crippen molar-refractivity contribution in [3.05, 3.63) is 30.1 Å². The van der Waals surface area contributed by atoms with Gasteiger partial charge < -0.3 is 9.80 Å². The summed E-state index contributed by atoms with van der Waals surface area (Å²) in [7, 11) is 0. The van der Waals surface area contributed by atoms with Crippen molar-refractivity contribution in [3.63, 3.8) is 0 Å². The predicted molar refractivity (Wildman–Crippen MR) is 81.8 cm³/mol. The molecule has 2 heterocycles. The molecule has 3 rings (SSSR count). The molecule has 118 valence electrons. The normalized spacial score (nSPS) is 25.6. The molecule has 2 saturated heterocycles. The molecular weight excluding hydrogens is 283 g/mol. The monoisotopic (exact) mass is 304 g/mol. The van der Waals surface area contributed by atoms with Crippen molar-refractivity contribution < 1.29 is 14.0 Å². The highest BCUT2D eigenvalue weighted by Crippen LogP contribution is 2.28. The van der Waals surface area contributed by atoms with E-state index in [-0.39, 0.29) is 30.0 Å². The Hall–Kier alpha value is -1.91. The lowest BCUT2D eigenvalue weighted by atomic mass is 9.98. The maximum absolute atomic E-state index is 13.3. The largest absolute Gasteiger partial charge is 0.342 e. The lowest BCUT2D eigenvalue weighted by Gasteiger charge is -2.32. The fourth-order valence-corrected chi connectivity index (χ4v) is 3.41. The number of halogens is 1. The number of piperidine rings is 1. The summed E-state index contributed by atoms with van der Waals surface area (Å²) >= 11 is 0. The maximum atomic E-state index is 13.3. The Morgan fingerprint density at radius 3 is 2.86 bits per heavy atom. The Bertz CT molecular complexity index is 590. The number of nitrogens with zero attached hydrogens (tertiary/aromatic N) is 2. The van der Waals surface area contributed by atoms with E-state index in [0.29, 0.717) is 18.2 Å². The van der Waals surface area contributed by atoms with Crippen LogP contribution in [0.25, 0.3) is 0 Å². The van der Waals surface area contributed by atoms with Crippen LogP contribution in [0.15, 0.2) is 24.3 Å². The Balaban J connectivity index is 1.70. The van der Waals surface area contributed by atoms with E-state index in [2.05, 4.69) is 6.92 Å². The van der Waals surface area contributed by atoms with Gasteiger partial charge in [0.15, 0.2) is 0 Å². The minimum atomic E-state index is -0.370. The number of carbonyl (C=O) groups excluding carboxylic acids is 2. The number of amides is 2. The Morgan fingerprint density at radius 2 is 2.14 bits per heavy atom. The molecule has 0 spiro atoms. The summed E-state index contributed by atoms with van der Waals surface area (Å²) in [6, 6.07) is 5.98. The second-order valence-electron chi connectivity index (χ2n) is 6.42. The number of likely N-dealkylation sites (tertiary alicyclic amines) is 1. The molecule has 2 fully saturated rings. The molecule has 0 aliphatic carbocycles. The zero-order valence-corrected chi connectivity index (χ0v) is 12.8. The molecule has 4 nitrogen and oxygen atoms in total. The van der Waals surface area contributed by atoms with Gasteiger partial charge in [0.2, 0.25) is 11.8 Å². The smallest absolute Gasteiger partial charge is 0.228 e. The van der Waals surface area contributed by atoms with Gasteiger partial charge in [-0.2, -0.15) is 0 Å². The lowest BCUT2D eigenvalue weighted by Crippen LogP contribution is -2.43. The summed E-state index contributed by atoms with van der Waals surface area (Å²) in [6.07, 6.45) is 2.41. The number of hydrogen-bond acceptors (Lipinski definition) is 2. The molecule has 22 heavy (non-hydrogen) atoms. The molecule has 0 radical (unpaired) electrons. The number of benzene rings is 1. The first-order valence-corrected chi connectivity index (χ1v) is 7.89. The molecule has 2 unspecified atom stereocenters. The summed E-state index contributed by atoms with van der Waals surface area (Å²) in [5.41, 5.74) is 0.535. The Labute approximate surface area is 129 Å². The highest BCUT2D eigenvalue weighted by molar-refractivity contribution is 6.00. The minimum Gasteiger partial charge on any atom is -0.342 e. The van der Waals surface area contributed by atoms with E-state index in [0.717, 1.165) is 25.9 Å². The van der Waals surface area contributed by atoms with Gasteiger partial charge in [0.05, 0.1) is 5.92 Å². The van der Waals surface area contributed by atoms with Gasteiger partial charge >= 0.3 is 0 Å². The Kier molecular flexibility index (Phi) is 4.14. The van der Waals surface area contributed by atoms with Crippen molar-refractivity contribution in [2.75, 3.05) is 24.5 Å². The van der Waals surface area contributed by atoms with E-state index in [1.165, 1.54) is 17.0 Å². The van der Waals surface area contributed by atoms with Crippen molar-refractivity contribution >= 4 is 17.5 Å². The first-order valence-electron chi connectivity index (χ1n) is 7.89. The predicted octanol–water partition coefficient (Wildman–Crippen LogP) is 2.44. The van der Waals surface area contributed by atoms with Gasteiger partial charge in [-0.3, -0.25) is 9.59 Å². The summed E-state index contributed by atoms with van der Waals surface area (Å²) < 4.78 is 13.3. The summed E-state index contributed by atoms with van der Waals surface area (Å²) in [6.45, 7) is 4.07. The molecular formula is C17H21FN2O2. The molecule has 2 aliphatic heterocycles. The average Bonchev–Trinajstić information content (AvgIpc) is 2.88. The molecule has 2 atom stereocenters. The number of carbonyl (C=O) groups is 2. The van der Waals surface area contributed by atoms with Crippen LogP contribution in [0.1, 0.15) is 26.2 Å². The topological polar surface area (TPSA) is 40.6 Å². The molecule has 1 aromatic carbocycles. The van der Waals surface area contributed by atoms with Crippen LogP contribution in [0, 0.1) is 17.7 Å². The van der Waals surface area contributed by atoms with Crippen molar-refractivity contribution in [2.45, 2.75) is 26.2 Å².